The van der Waals surface area contributed by atoms with Crippen LogP contribution in [0.15, 0.2) is 0 Å². The van der Waals surface area contributed by atoms with Crippen LogP contribution in [0.2, 0.25) is 0 Å². The Bertz CT molecular complexity index is 329. The van der Waals surface area contributed by atoms with Gasteiger partial charge in [-0.25, -0.2) is 0 Å². The Kier molecular flexibility index (Phi) is 13.2. The van der Waals surface area contributed by atoms with E-state index in [0.717, 1.165) is 0 Å². The molecule has 0 rings (SSSR count). The van der Waals surface area contributed by atoms with E-state index in [1.54, 1.807) is 0 Å². The van der Waals surface area contributed by atoms with E-state index >= 15 is 0 Å². The van der Waals surface area contributed by atoms with Crippen molar-refractivity contribution in [2.24, 2.45) is 0 Å². The Morgan fingerprint density at radius 2 is 1.27 bits per heavy atom. The Morgan fingerprint density at radius 1 is 0.773 bits per heavy atom. The highest BCUT2D eigenvalue weighted by molar-refractivity contribution is 5.69. The summed E-state index contributed by atoms with van der Waals surface area (Å²) in [5, 5.41) is 8.43. The first kappa shape index (κ1) is 20.3. The van der Waals surface area contributed by atoms with Gasteiger partial charge in [0.25, 0.3) is 0 Å². The zero-order valence-corrected chi connectivity index (χ0v) is 12.9. The SMILES string of the molecule is CC(=O)OCCOCCOCCOC(=O)CCCCC(=O)O. The lowest BCUT2D eigenvalue weighted by Crippen LogP contribution is -2.14. The topological polar surface area (TPSA) is 108 Å². The minimum Gasteiger partial charge on any atom is -0.481 e. The summed E-state index contributed by atoms with van der Waals surface area (Å²) < 4.78 is 19.9. The predicted molar refractivity (Wildman–Crippen MR) is 75.3 cm³/mol. The minimum atomic E-state index is -0.864. The average molecular weight is 320 g/mol. The molecule has 0 unspecified atom stereocenters. The molecule has 0 radical (unpaired) electrons. The fraction of sp³-hybridized carbons (Fsp3) is 0.786. The quantitative estimate of drug-likeness (QED) is 0.369. The Balaban J connectivity index is 3.20. The zero-order valence-electron chi connectivity index (χ0n) is 12.9. The highest BCUT2D eigenvalue weighted by Gasteiger charge is 2.04. The van der Waals surface area contributed by atoms with Crippen LogP contribution in [0, 0.1) is 0 Å². The highest BCUT2D eigenvalue weighted by atomic mass is 16.6. The molecule has 0 aromatic rings. The van der Waals surface area contributed by atoms with Crippen molar-refractivity contribution in [3.63, 3.8) is 0 Å². The van der Waals surface area contributed by atoms with Crippen LogP contribution in [0.1, 0.15) is 32.6 Å². The van der Waals surface area contributed by atoms with Gasteiger partial charge in [0.15, 0.2) is 0 Å². The summed E-state index contributed by atoms with van der Waals surface area (Å²) in [7, 11) is 0. The molecule has 0 aliphatic heterocycles. The van der Waals surface area contributed by atoms with Crippen molar-refractivity contribution in [2.45, 2.75) is 32.6 Å². The van der Waals surface area contributed by atoms with Gasteiger partial charge in [0.2, 0.25) is 0 Å². The van der Waals surface area contributed by atoms with Gasteiger partial charge >= 0.3 is 17.9 Å². The first-order valence-corrected chi connectivity index (χ1v) is 7.18. The van der Waals surface area contributed by atoms with Crippen LogP contribution < -0.4 is 0 Å². The Morgan fingerprint density at radius 3 is 1.82 bits per heavy atom. The highest BCUT2D eigenvalue weighted by Crippen LogP contribution is 2.01. The van der Waals surface area contributed by atoms with Crippen molar-refractivity contribution in [3.05, 3.63) is 0 Å². The third kappa shape index (κ3) is 16.4. The van der Waals surface area contributed by atoms with E-state index in [0.29, 0.717) is 32.7 Å². The van der Waals surface area contributed by atoms with Gasteiger partial charge in [-0.15, -0.1) is 0 Å². The molecule has 0 aliphatic carbocycles. The fourth-order valence-corrected chi connectivity index (χ4v) is 1.40. The summed E-state index contributed by atoms with van der Waals surface area (Å²) in [4.78, 5) is 32.0. The molecule has 0 atom stereocenters. The van der Waals surface area contributed by atoms with Crippen LogP contribution in [0.4, 0.5) is 0 Å². The number of carboxylic acid groups (broad SMARTS) is 1. The number of carbonyl (C=O) groups is 3. The minimum absolute atomic E-state index is 0.0633. The second-order valence-electron chi connectivity index (χ2n) is 4.39. The van der Waals surface area contributed by atoms with E-state index in [9.17, 15) is 14.4 Å². The number of hydrogen-bond donors (Lipinski definition) is 1. The van der Waals surface area contributed by atoms with Crippen molar-refractivity contribution < 1.29 is 38.4 Å². The molecule has 1 N–H and O–H groups in total. The molecule has 0 amide bonds. The maximum Gasteiger partial charge on any atom is 0.305 e. The van der Waals surface area contributed by atoms with Crippen LogP contribution >= 0.6 is 0 Å². The van der Waals surface area contributed by atoms with Crippen molar-refractivity contribution >= 4 is 17.9 Å². The molecular weight excluding hydrogens is 296 g/mol. The molecule has 0 spiro atoms. The van der Waals surface area contributed by atoms with E-state index < -0.39 is 5.97 Å². The van der Waals surface area contributed by atoms with Crippen LogP contribution in [-0.4, -0.2) is 62.7 Å². The van der Waals surface area contributed by atoms with E-state index in [2.05, 4.69) is 4.74 Å². The van der Waals surface area contributed by atoms with Gasteiger partial charge in [-0.05, 0) is 12.8 Å². The predicted octanol–water partition coefficient (Wildman–Crippen LogP) is 0.771. The molecule has 0 heterocycles. The van der Waals surface area contributed by atoms with Gasteiger partial charge in [0.05, 0.1) is 26.4 Å². The molecule has 22 heavy (non-hydrogen) atoms. The number of esters is 2. The first-order chi connectivity index (χ1) is 10.5. The van der Waals surface area contributed by atoms with Crippen molar-refractivity contribution in [2.75, 3.05) is 39.6 Å². The molecule has 0 bridgehead atoms. The third-order valence-corrected chi connectivity index (χ3v) is 2.42. The lowest BCUT2D eigenvalue weighted by atomic mass is 10.2. The maximum absolute atomic E-state index is 11.3. The lowest BCUT2D eigenvalue weighted by molar-refractivity contribution is -0.146. The van der Waals surface area contributed by atoms with Gasteiger partial charge in [-0.3, -0.25) is 14.4 Å². The number of carbonyl (C=O) groups excluding carboxylic acids is 2. The molecular formula is C14H24O8. The van der Waals surface area contributed by atoms with Crippen molar-refractivity contribution in [1.82, 2.24) is 0 Å². The summed E-state index contributed by atoms with van der Waals surface area (Å²) >= 11 is 0. The van der Waals surface area contributed by atoms with E-state index in [4.69, 9.17) is 19.3 Å². The van der Waals surface area contributed by atoms with Crippen molar-refractivity contribution in [3.8, 4) is 0 Å². The Hall–Kier alpha value is -1.67. The van der Waals surface area contributed by atoms with Crippen LogP contribution in [0.3, 0.4) is 0 Å². The average Bonchev–Trinajstić information content (AvgIpc) is 2.45. The standard InChI is InChI=1S/C14H24O8/c1-12(15)21-10-8-19-6-7-20-9-11-22-14(18)5-3-2-4-13(16)17/h2-11H2,1H3,(H,16,17). The number of rotatable bonds is 14. The van der Waals surface area contributed by atoms with Crippen molar-refractivity contribution in [1.29, 1.82) is 0 Å². The second kappa shape index (κ2) is 14.3. The van der Waals surface area contributed by atoms with Gasteiger partial charge in [0, 0.05) is 19.8 Å². The summed E-state index contributed by atoms with van der Waals surface area (Å²) in [6.45, 7) is 3.01. The molecule has 0 saturated heterocycles. The molecule has 0 saturated carbocycles. The molecule has 0 aromatic heterocycles. The molecule has 0 aliphatic rings. The monoisotopic (exact) mass is 320 g/mol. The van der Waals surface area contributed by atoms with E-state index in [1.807, 2.05) is 0 Å². The van der Waals surface area contributed by atoms with Gasteiger partial charge in [0.1, 0.15) is 13.2 Å². The maximum atomic E-state index is 11.3. The number of carboxylic acids is 1. The molecule has 128 valence electrons. The number of hydrogen-bond acceptors (Lipinski definition) is 7. The van der Waals surface area contributed by atoms with E-state index in [-0.39, 0.29) is 44.6 Å². The van der Waals surface area contributed by atoms with Crippen LogP contribution in [0.25, 0.3) is 0 Å². The normalized spacial score (nSPS) is 10.2. The summed E-state index contributed by atoms with van der Waals surface area (Å²) in [5.74, 6) is -1.56. The van der Waals surface area contributed by atoms with Crippen LogP contribution in [-0.2, 0) is 33.3 Å². The molecule has 8 heteroatoms. The molecule has 0 aromatic carbocycles. The van der Waals surface area contributed by atoms with Gasteiger partial charge in [-0.1, -0.05) is 0 Å². The smallest absolute Gasteiger partial charge is 0.305 e. The summed E-state index contributed by atoms with van der Waals surface area (Å²) in [6, 6.07) is 0. The number of ether oxygens (including phenoxy) is 4. The molecule has 0 fully saturated rings. The second-order valence-corrected chi connectivity index (χ2v) is 4.39. The summed E-state index contributed by atoms with van der Waals surface area (Å²) in [6.07, 6.45) is 1.24. The fourth-order valence-electron chi connectivity index (χ4n) is 1.40. The first-order valence-electron chi connectivity index (χ1n) is 7.18. The third-order valence-electron chi connectivity index (χ3n) is 2.42. The largest absolute Gasteiger partial charge is 0.481 e. The van der Waals surface area contributed by atoms with Gasteiger partial charge < -0.3 is 24.1 Å². The van der Waals surface area contributed by atoms with Gasteiger partial charge in [-0.2, -0.15) is 0 Å². The number of aliphatic carboxylic acids is 1. The van der Waals surface area contributed by atoms with Crippen LogP contribution in [0.5, 0.6) is 0 Å². The number of unbranched alkanes of at least 4 members (excludes halogenated alkanes) is 1. The lowest BCUT2D eigenvalue weighted by Gasteiger charge is -2.07. The summed E-state index contributed by atoms with van der Waals surface area (Å²) in [5.41, 5.74) is 0. The van der Waals surface area contributed by atoms with E-state index in [1.165, 1.54) is 6.92 Å². The molecule has 8 nitrogen and oxygen atoms in total. The zero-order chi connectivity index (χ0) is 16.6. The Labute approximate surface area is 129 Å².